The largest absolute Gasteiger partial charge is 0.370 e. The molecule has 0 spiro atoms. The highest BCUT2D eigenvalue weighted by Crippen LogP contribution is 2.22. The lowest BCUT2D eigenvalue weighted by Gasteiger charge is -2.19. The Labute approximate surface area is 180 Å². The molecule has 2 aromatic rings. The highest BCUT2D eigenvalue weighted by Gasteiger charge is 2.22. The number of hydrogen-bond donors (Lipinski definition) is 6. The first-order chi connectivity index (χ1) is 14.3. The van der Waals surface area contributed by atoms with Crippen molar-refractivity contribution in [3.05, 3.63) is 59.1 Å². The van der Waals surface area contributed by atoms with Crippen molar-refractivity contribution in [3.63, 3.8) is 0 Å². The maximum Gasteiger partial charge on any atom is 0.240 e. The van der Waals surface area contributed by atoms with Crippen LogP contribution < -0.4 is 27.8 Å². The van der Waals surface area contributed by atoms with E-state index in [1.54, 1.807) is 0 Å². The zero-order valence-electron chi connectivity index (χ0n) is 16.5. The van der Waals surface area contributed by atoms with E-state index in [-0.39, 0.29) is 12.4 Å². The quantitative estimate of drug-likeness (QED) is 0.189. The number of rotatable bonds is 10. The number of carbonyl (C=O) groups is 2. The SMILES string of the molecule is N=C(N)NCCC[C@@H](N)C(=O)N[C@H](Cc1ccc(-c2ccc(Cl)cc2)cc1)C(N)=O. The summed E-state index contributed by atoms with van der Waals surface area (Å²) < 4.78 is 0. The molecule has 0 heterocycles. The smallest absolute Gasteiger partial charge is 0.240 e. The Morgan fingerprint density at radius 1 is 1.00 bits per heavy atom. The van der Waals surface area contributed by atoms with Crippen LogP contribution in [0.1, 0.15) is 18.4 Å². The molecule has 2 atom stereocenters. The first kappa shape index (κ1) is 23.2. The van der Waals surface area contributed by atoms with Gasteiger partial charge in [-0.1, -0.05) is 48.0 Å². The van der Waals surface area contributed by atoms with E-state index in [0.717, 1.165) is 16.7 Å². The normalized spacial score (nSPS) is 12.6. The summed E-state index contributed by atoms with van der Waals surface area (Å²) in [6.45, 7) is 0.440. The summed E-state index contributed by atoms with van der Waals surface area (Å²) in [5.41, 5.74) is 19.4. The van der Waals surface area contributed by atoms with Gasteiger partial charge in [-0.25, -0.2) is 0 Å². The fraction of sp³-hybridized carbons (Fsp3) is 0.286. The maximum absolute atomic E-state index is 12.3. The standard InChI is InChI=1S/C21H27ClN6O2/c22-16-9-7-15(8-10-16)14-5-3-13(4-6-14)12-18(19(24)29)28-20(30)17(23)2-1-11-27-21(25)26/h3-10,17-18H,1-2,11-12,23H2,(H2,24,29)(H,28,30)(H4,25,26,27)/t17-,18-/m1/s1. The molecule has 8 nitrogen and oxygen atoms in total. The number of carbonyl (C=O) groups excluding carboxylic acids is 2. The minimum Gasteiger partial charge on any atom is -0.370 e. The Morgan fingerprint density at radius 3 is 2.10 bits per heavy atom. The lowest BCUT2D eigenvalue weighted by Crippen LogP contribution is -2.51. The third-order valence-corrected chi connectivity index (χ3v) is 4.83. The van der Waals surface area contributed by atoms with Crippen molar-refractivity contribution in [3.8, 4) is 11.1 Å². The van der Waals surface area contributed by atoms with Crippen LogP contribution >= 0.6 is 11.6 Å². The predicted molar refractivity (Wildman–Crippen MR) is 119 cm³/mol. The van der Waals surface area contributed by atoms with Crippen molar-refractivity contribution in [2.75, 3.05) is 6.54 Å². The molecule has 2 aromatic carbocycles. The van der Waals surface area contributed by atoms with E-state index in [1.807, 2.05) is 48.5 Å². The Kier molecular flexibility index (Phi) is 8.64. The van der Waals surface area contributed by atoms with Gasteiger partial charge in [-0.05, 0) is 41.7 Å². The highest BCUT2D eigenvalue weighted by molar-refractivity contribution is 6.30. The minimum atomic E-state index is -0.861. The molecule has 0 bridgehead atoms. The van der Waals surface area contributed by atoms with Gasteiger partial charge >= 0.3 is 0 Å². The molecular formula is C21H27ClN6O2. The first-order valence-corrected chi connectivity index (χ1v) is 9.92. The van der Waals surface area contributed by atoms with Gasteiger partial charge in [0, 0.05) is 18.0 Å². The summed E-state index contributed by atoms with van der Waals surface area (Å²) in [5, 5.41) is 13.0. The van der Waals surface area contributed by atoms with Crippen molar-refractivity contribution in [1.29, 1.82) is 5.41 Å². The predicted octanol–water partition coefficient (Wildman–Crippen LogP) is 1.11. The van der Waals surface area contributed by atoms with Crippen LogP contribution in [0, 0.1) is 5.41 Å². The number of benzene rings is 2. The zero-order valence-corrected chi connectivity index (χ0v) is 17.3. The molecule has 0 aliphatic rings. The van der Waals surface area contributed by atoms with Gasteiger partial charge in [0.05, 0.1) is 6.04 Å². The number of hydrogen-bond acceptors (Lipinski definition) is 4. The number of primary amides is 1. The molecule has 9 N–H and O–H groups in total. The molecule has 2 rings (SSSR count). The molecule has 30 heavy (non-hydrogen) atoms. The Balaban J connectivity index is 1.93. The van der Waals surface area contributed by atoms with Crippen molar-refractivity contribution in [2.24, 2.45) is 17.2 Å². The Hall–Kier alpha value is -3.10. The van der Waals surface area contributed by atoms with Crippen LogP contribution in [-0.4, -0.2) is 36.4 Å². The van der Waals surface area contributed by atoms with Gasteiger partial charge in [0.15, 0.2) is 5.96 Å². The van der Waals surface area contributed by atoms with Crippen LogP contribution in [0.15, 0.2) is 48.5 Å². The van der Waals surface area contributed by atoms with E-state index in [2.05, 4.69) is 10.6 Å². The van der Waals surface area contributed by atoms with Gasteiger partial charge in [-0.3, -0.25) is 15.0 Å². The summed E-state index contributed by atoms with van der Waals surface area (Å²) in [6, 6.07) is 13.5. The number of guanidine groups is 1. The second-order valence-corrected chi connectivity index (χ2v) is 7.40. The number of amides is 2. The van der Waals surface area contributed by atoms with Crippen LogP contribution in [-0.2, 0) is 16.0 Å². The van der Waals surface area contributed by atoms with Crippen molar-refractivity contribution >= 4 is 29.4 Å². The number of nitrogens with one attached hydrogen (secondary N) is 3. The second-order valence-electron chi connectivity index (χ2n) is 6.96. The molecule has 160 valence electrons. The van der Waals surface area contributed by atoms with Crippen molar-refractivity contribution in [2.45, 2.75) is 31.3 Å². The monoisotopic (exact) mass is 430 g/mol. The van der Waals surface area contributed by atoms with Gasteiger partial charge in [0.2, 0.25) is 11.8 Å². The average Bonchev–Trinajstić information content (AvgIpc) is 2.71. The number of nitrogens with two attached hydrogens (primary N) is 3. The second kappa shape index (κ2) is 11.2. The van der Waals surface area contributed by atoms with Gasteiger partial charge in [0.25, 0.3) is 0 Å². The molecular weight excluding hydrogens is 404 g/mol. The van der Waals surface area contributed by atoms with E-state index >= 15 is 0 Å². The zero-order chi connectivity index (χ0) is 22.1. The summed E-state index contributed by atoms with van der Waals surface area (Å²) in [5.74, 6) is -1.21. The third kappa shape index (κ3) is 7.38. The van der Waals surface area contributed by atoms with Gasteiger partial charge in [-0.15, -0.1) is 0 Å². The molecule has 0 radical (unpaired) electrons. The fourth-order valence-electron chi connectivity index (χ4n) is 2.89. The highest BCUT2D eigenvalue weighted by atomic mass is 35.5. The van der Waals surface area contributed by atoms with E-state index in [0.29, 0.717) is 24.4 Å². The van der Waals surface area contributed by atoms with Crippen LogP contribution in [0.2, 0.25) is 5.02 Å². The third-order valence-electron chi connectivity index (χ3n) is 4.58. The summed E-state index contributed by atoms with van der Waals surface area (Å²) >= 11 is 5.92. The lowest BCUT2D eigenvalue weighted by atomic mass is 10.00. The van der Waals surface area contributed by atoms with Crippen molar-refractivity contribution in [1.82, 2.24) is 10.6 Å². The Morgan fingerprint density at radius 2 is 1.57 bits per heavy atom. The molecule has 0 aromatic heterocycles. The summed E-state index contributed by atoms with van der Waals surface area (Å²) in [7, 11) is 0. The molecule has 0 unspecified atom stereocenters. The van der Waals surface area contributed by atoms with Gasteiger partial charge < -0.3 is 27.8 Å². The first-order valence-electron chi connectivity index (χ1n) is 9.54. The van der Waals surface area contributed by atoms with Crippen LogP contribution in [0.5, 0.6) is 0 Å². The van der Waals surface area contributed by atoms with Crippen LogP contribution in [0.25, 0.3) is 11.1 Å². The van der Waals surface area contributed by atoms with E-state index in [9.17, 15) is 9.59 Å². The lowest BCUT2D eigenvalue weighted by molar-refractivity contribution is -0.128. The van der Waals surface area contributed by atoms with E-state index in [4.69, 9.17) is 34.2 Å². The van der Waals surface area contributed by atoms with Crippen LogP contribution in [0.4, 0.5) is 0 Å². The molecule has 2 amide bonds. The van der Waals surface area contributed by atoms with Gasteiger partial charge in [-0.2, -0.15) is 0 Å². The molecule has 0 saturated carbocycles. The summed E-state index contributed by atoms with van der Waals surface area (Å²) in [4.78, 5) is 24.1. The molecule has 0 aliphatic carbocycles. The number of halogens is 1. The molecule has 9 heteroatoms. The topological polar surface area (TPSA) is 160 Å². The minimum absolute atomic E-state index is 0.135. The molecule has 0 aliphatic heterocycles. The average molecular weight is 431 g/mol. The molecule has 0 fully saturated rings. The Bertz CT molecular complexity index is 870. The summed E-state index contributed by atoms with van der Waals surface area (Å²) in [6.07, 6.45) is 1.20. The van der Waals surface area contributed by atoms with Gasteiger partial charge in [0.1, 0.15) is 6.04 Å². The van der Waals surface area contributed by atoms with Crippen molar-refractivity contribution < 1.29 is 9.59 Å². The molecule has 0 saturated heterocycles. The fourth-order valence-corrected chi connectivity index (χ4v) is 3.01. The van der Waals surface area contributed by atoms with E-state index in [1.165, 1.54) is 0 Å². The van der Waals surface area contributed by atoms with E-state index < -0.39 is 23.9 Å². The van der Waals surface area contributed by atoms with Crippen LogP contribution in [0.3, 0.4) is 0 Å². The maximum atomic E-state index is 12.3.